The highest BCUT2D eigenvalue weighted by atomic mass is 35.7. The molecule has 0 radical (unpaired) electrons. The van der Waals surface area contributed by atoms with Gasteiger partial charge in [0.1, 0.15) is 0 Å². The monoisotopic (exact) mass is 261 g/mol. The van der Waals surface area contributed by atoms with Crippen molar-refractivity contribution in [3.63, 3.8) is 0 Å². The van der Waals surface area contributed by atoms with Crippen molar-refractivity contribution in [2.24, 2.45) is 0 Å². The van der Waals surface area contributed by atoms with Crippen LogP contribution in [0.4, 0.5) is 0 Å². The minimum Gasteiger partial charge on any atom is -0.241 e. The van der Waals surface area contributed by atoms with Crippen molar-refractivity contribution < 1.29 is 8.42 Å². The standard InChI is InChI=1S/C9H8ClNO2S2/c1-5-3-7(15(10,12)13)4-8-9(5)11-6(2)14-8/h3-4H,1-2H3. The van der Waals surface area contributed by atoms with Crippen molar-refractivity contribution in [1.29, 1.82) is 0 Å². The average Bonchev–Trinajstić information content (AvgIpc) is 2.44. The number of benzene rings is 1. The summed E-state index contributed by atoms with van der Waals surface area (Å²) in [6.45, 7) is 3.71. The normalized spacial score (nSPS) is 12.2. The zero-order valence-corrected chi connectivity index (χ0v) is 10.5. The van der Waals surface area contributed by atoms with Crippen LogP contribution in [0.2, 0.25) is 0 Å². The van der Waals surface area contributed by atoms with Gasteiger partial charge in [0.2, 0.25) is 0 Å². The van der Waals surface area contributed by atoms with Crippen LogP contribution in [0.25, 0.3) is 10.2 Å². The molecule has 0 aliphatic carbocycles. The summed E-state index contributed by atoms with van der Waals surface area (Å²) >= 11 is 1.46. The lowest BCUT2D eigenvalue weighted by molar-refractivity contribution is 0.609. The van der Waals surface area contributed by atoms with Crippen LogP contribution in [0.5, 0.6) is 0 Å². The molecule has 0 aliphatic heterocycles. The predicted octanol–water partition coefficient (Wildman–Crippen LogP) is 2.84. The summed E-state index contributed by atoms with van der Waals surface area (Å²) in [4.78, 5) is 4.45. The van der Waals surface area contributed by atoms with Gasteiger partial charge in [-0.3, -0.25) is 0 Å². The molecule has 1 heterocycles. The van der Waals surface area contributed by atoms with Crippen molar-refractivity contribution in [3.05, 3.63) is 22.7 Å². The number of aryl methyl sites for hydroxylation is 2. The lowest BCUT2D eigenvalue weighted by Gasteiger charge is -1.98. The Morgan fingerprint density at radius 1 is 1.33 bits per heavy atom. The lowest BCUT2D eigenvalue weighted by Crippen LogP contribution is -1.91. The molecule has 0 saturated carbocycles. The quantitative estimate of drug-likeness (QED) is 0.742. The van der Waals surface area contributed by atoms with Crippen LogP contribution in [-0.2, 0) is 9.05 Å². The molecule has 0 fully saturated rings. The molecule has 0 N–H and O–H groups in total. The molecule has 3 nitrogen and oxygen atoms in total. The van der Waals surface area contributed by atoms with Crippen molar-refractivity contribution in [1.82, 2.24) is 4.98 Å². The van der Waals surface area contributed by atoms with Crippen LogP contribution in [0.1, 0.15) is 10.6 Å². The van der Waals surface area contributed by atoms with E-state index >= 15 is 0 Å². The van der Waals surface area contributed by atoms with Gasteiger partial charge in [-0.2, -0.15) is 0 Å². The van der Waals surface area contributed by atoms with Crippen molar-refractivity contribution >= 4 is 41.3 Å². The van der Waals surface area contributed by atoms with Gasteiger partial charge in [-0.05, 0) is 31.5 Å². The maximum Gasteiger partial charge on any atom is 0.261 e. The fraction of sp³-hybridized carbons (Fsp3) is 0.222. The Balaban J connectivity index is 2.84. The van der Waals surface area contributed by atoms with Gasteiger partial charge in [0.25, 0.3) is 9.05 Å². The molecule has 0 saturated heterocycles. The van der Waals surface area contributed by atoms with Gasteiger partial charge in [0.15, 0.2) is 0 Å². The van der Waals surface area contributed by atoms with Crippen molar-refractivity contribution in [2.45, 2.75) is 18.7 Å². The van der Waals surface area contributed by atoms with E-state index in [-0.39, 0.29) is 4.90 Å². The summed E-state index contributed by atoms with van der Waals surface area (Å²) in [6.07, 6.45) is 0. The summed E-state index contributed by atoms with van der Waals surface area (Å²) in [5.74, 6) is 0. The molecular weight excluding hydrogens is 254 g/mol. The third-order valence-corrected chi connectivity index (χ3v) is 4.30. The molecule has 80 valence electrons. The molecule has 2 rings (SSSR count). The average molecular weight is 262 g/mol. The fourth-order valence-corrected chi connectivity index (χ4v) is 3.28. The summed E-state index contributed by atoms with van der Waals surface area (Å²) in [5, 5.41) is 0.914. The van der Waals surface area contributed by atoms with Gasteiger partial charge >= 0.3 is 0 Å². The maximum absolute atomic E-state index is 11.2. The van der Waals surface area contributed by atoms with Crippen LogP contribution in [0.15, 0.2) is 17.0 Å². The van der Waals surface area contributed by atoms with Gasteiger partial charge < -0.3 is 0 Å². The number of hydrogen-bond donors (Lipinski definition) is 0. The first kappa shape index (κ1) is 10.9. The first-order valence-electron chi connectivity index (χ1n) is 4.20. The largest absolute Gasteiger partial charge is 0.261 e. The number of aromatic nitrogens is 1. The molecule has 0 amide bonds. The molecule has 1 aromatic carbocycles. The number of fused-ring (bicyclic) bond motifs is 1. The fourth-order valence-electron chi connectivity index (χ4n) is 1.42. The van der Waals surface area contributed by atoms with Crippen molar-refractivity contribution in [2.75, 3.05) is 0 Å². The lowest BCUT2D eigenvalue weighted by atomic mass is 10.2. The Bertz CT molecular complexity index is 631. The van der Waals surface area contributed by atoms with Crippen molar-refractivity contribution in [3.8, 4) is 0 Å². The van der Waals surface area contributed by atoms with E-state index in [0.29, 0.717) is 0 Å². The molecule has 15 heavy (non-hydrogen) atoms. The Morgan fingerprint density at radius 3 is 2.60 bits per heavy atom. The Labute approximate surface area is 96.1 Å². The molecule has 0 spiro atoms. The molecule has 0 bridgehead atoms. The zero-order chi connectivity index (χ0) is 11.2. The van der Waals surface area contributed by atoms with E-state index in [0.717, 1.165) is 20.8 Å². The number of halogens is 1. The second-order valence-corrected chi connectivity index (χ2v) is 7.06. The summed E-state index contributed by atoms with van der Waals surface area (Å²) < 4.78 is 23.2. The van der Waals surface area contributed by atoms with Gasteiger partial charge in [-0.15, -0.1) is 11.3 Å². The molecule has 0 aliphatic rings. The first-order valence-corrected chi connectivity index (χ1v) is 7.33. The third-order valence-electron chi connectivity index (χ3n) is 2.05. The van der Waals surface area contributed by atoms with E-state index in [9.17, 15) is 8.42 Å². The molecule has 0 atom stereocenters. The second kappa shape index (κ2) is 3.43. The van der Waals surface area contributed by atoms with Gasteiger partial charge in [0, 0.05) is 10.7 Å². The Kier molecular flexibility index (Phi) is 2.48. The van der Waals surface area contributed by atoms with Gasteiger partial charge in [-0.25, -0.2) is 13.4 Å². The van der Waals surface area contributed by atoms with Crippen LogP contribution in [0.3, 0.4) is 0 Å². The predicted molar refractivity (Wildman–Crippen MR) is 62.1 cm³/mol. The number of nitrogens with zero attached hydrogens (tertiary/aromatic N) is 1. The highest BCUT2D eigenvalue weighted by Gasteiger charge is 2.14. The summed E-state index contributed by atoms with van der Waals surface area (Å²) in [5.41, 5.74) is 1.68. The molecule has 0 unspecified atom stereocenters. The smallest absolute Gasteiger partial charge is 0.241 e. The molecule has 6 heteroatoms. The van der Waals surface area contributed by atoms with E-state index < -0.39 is 9.05 Å². The van der Waals surface area contributed by atoms with E-state index in [1.807, 2.05) is 13.8 Å². The maximum atomic E-state index is 11.2. The third kappa shape index (κ3) is 2.00. The van der Waals surface area contributed by atoms with E-state index in [1.165, 1.54) is 11.3 Å². The van der Waals surface area contributed by atoms with Crippen LogP contribution >= 0.6 is 22.0 Å². The number of rotatable bonds is 1. The summed E-state index contributed by atoms with van der Waals surface area (Å²) in [6, 6.07) is 3.11. The summed E-state index contributed by atoms with van der Waals surface area (Å²) in [7, 11) is 1.64. The molecule has 1 aromatic heterocycles. The van der Waals surface area contributed by atoms with E-state index in [1.54, 1.807) is 12.1 Å². The minimum absolute atomic E-state index is 0.137. The first-order chi connectivity index (χ1) is 6.88. The second-order valence-electron chi connectivity index (χ2n) is 3.26. The zero-order valence-electron chi connectivity index (χ0n) is 8.11. The number of thiazole rings is 1. The minimum atomic E-state index is -3.66. The van der Waals surface area contributed by atoms with E-state index in [2.05, 4.69) is 4.98 Å². The Morgan fingerprint density at radius 2 is 2.00 bits per heavy atom. The SMILES string of the molecule is Cc1nc2c(C)cc(S(=O)(=O)Cl)cc2s1. The van der Waals surface area contributed by atoms with E-state index in [4.69, 9.17) is 10.7 Å². The highest BCUT2D eigenvalue weighted by molar-refractivity contribution is 8.13. The molecular formula is C9H8ClNO2S2. The Hall–Kier alpha value is -0.650. The topological polar surface area (TPSA) is 47.0 Å². The molecule has 2 aromatic rings. The van der Waals surface area contributed by atoms with Crippen LogP contribution in [0, 0.1) is 13.8 Å². The van der Waals surface area contributed by atoms with Crippen LogP contribution in [-0.4, -0.2) is 13.4 Å². The highest BCUT2D eigenvalue weighted by Crippen LogP contribution is 2.28. The van der Waals surface area contributed by atoms with Gasteiger partial charge in [0.05, 0.1) is 20.1 Å². The van der Waals surface area contributed by atoms with Crippen LogP contribution < -0.4 is 0 Å². The van der Waals surface area contributed by atoms with Gasteiger partial charge in [-0.1, -0.05) is 0 Å². The number of hydrogen-bond acceptors (Lipinski definition) is 4.